The summed E-state index contributed by atoms with van der Waals surface area (Å²) in [7, 11) is 2.07. The number of hydrogen-bond donors (Lipinski definition) is 2. The number of rotatable bonds is 5. The summed E-state index contributed by atoms with van der Waals surface area (Å²) in [5, 5.41) is 15.3. The van der Waals surface area contributed by atoms with Crippen molar-refractivity contribution in [1.82, 2.24) is 25.2 Å². The molecule has 0 aliphatic carbocycles. The Kier molecular flexibility index (Phi) is 6.91. The number of piperidine rings is 1. The zero-order valence-corrected chi connectivity index (χ0v) is 24.8. The molecule has 2 bridgehead atoms. The molecule has 3 aliphatic rings. The van der Waals surface area contributed by atoms with Crippen LogP contribution in [0.15, 0.2) is 42.6 Å². The minimum atomic E-state index is -0.735. The van der Waals surface area contributed by atoms with Gasteiger partial charge in [0.05, 0.1) is 10.9 Å². The average molecular weight is 597 g/mol. The van der Waals surface area contributed by atoms with Crippen LogP contribution in [0.3, 0.4) is 0 Å². The molecule has 226 valence electrons. The van der Waals surface area contributed by atoms with E-state index in [1.807, 2.05) is 0 Å². The fourth-order valence-corrected chi connectivity index (χ4v) is 7.02. The highest BCUT2D eigenvalue weighted by molar-refractivity contribution is 6.03. The quantitative estimate of drug-likeness (QED) is 0.245. The van der Waals surface area contributed by atoms with Crippen molar-refractivity contribution in [2.75, 3.05) is 44.7 Å². The predicted octanol–water partition coefficient (Wildman–Crippen LogP) is 5.03. The number of terminal acetylenes is 1. The third-order valence-corrected chi connectivity index (χ3v) is 9.40. The number of anilines is 1. The summed E-state index contributed by atoms with van der Waals surface area (Å²) in [5.74, 6) is 1.46. The molecule has 2 aromatic heterocycles. The van der Waals surface area contributed by atoms with Crippen LogP contribution in [0.25, 0.3) is 32.9 Å². The Hall–Kier alpha value is -4.33. The smallest absolute Gasteiger partial charge is 0.319 e. The summed E-state index contributed by atoms with van der Waals surface area (Å²) in [6.07, 6.45) is 10.2. The maximum atomic E-state index is 16.7. The third kappa shape index (κ3) is 4.81. The molecule has 4 aromatic rings. The van der Waals surface area contributed by atoms with Crippen LogP contribution in [0, 0.1) is 29.4 Å². The first-order valence-corrected chi connectivity index (χ1v) is 14.9. The van der Waals surface area contributed by atoms with Gasteiger partial charge in [-0.1, -0.05) is 31.1 Å². The molecule has 3 aliphatic heterocycles. The molecule has 44 heavy (non-hydrogen) atoms. The zero-order valence-electron chi connectivity index (χ0n) is 24.8. The van der Waals surface area contributed by atoms with E-state index < -0.39 is 11.6 Å². The van der Waals surface area contributed by atoms with E-state index in [9.17, 15) is 9.50 Å². The molecule has 5 heterocycles. The van der Waals surface area contributed by atoms with Crippen LogP contribution in [0.1, 0.15) is 31.7 Å². The summed E-state index contributed by atoms with van der Waals surface area (Å²) in [6.45, 7) is 9.83. The van der Waals surface area contributed by atoms with E-state index in [-0.39, 0.29) is 51.5 Å². The van der Waals surface area contributed by atoms with Crippen LogP contribution in [0.2, 0.25) is 0 Å². The van der Waals surface area contributed by atoms with Gasteiger partial charge in [-0.2, -0.15) is 9.97 Å². The Morgan fingerprint density at radius 2 is 1.98 bits per heavy atom. The Morgan fingerprint density at radius 3 is 2.73 bits per heavy atom. The first kappa shape index (κ1) is 28.4. The lowest BCUT2D eigenvalue weighted by molar-refractivity contribution is 0.112. The van der Waals surface area contributed by atoms with Crippen molar-refractivity contribution in [3.8, 4) is 35.4 Å². The molecular formula is C34H34F2N6O2. The number of pyridine rings is 1. The highest BCUT2D eigenvalue weighted by Crippen LogP contribution is 2.40. The lowest BCUT2D eigenvalue weighted by atomic mass is 9.79. The number of halogens is 2. The Balaban J connectivity index is 1.38. The maximum absolute atomic E-state index is 16.7. The molecule has 7 rings (SSSR count). The van der Waals surface area contributed by atoms with Gasteiger partial charge >= 0.3 is 6.01 Å². The van der Waals surface area contributed by atoms with Gasteiger partial charge in [-0.25, -0.2) is 8.78 Å². The van der Waals surface area contributed by atoms with Crippen LogP contribution in [0.5, 0.6) is 11.8 Å². The lowest BCUT2D eigenvalue weighted by Crippen LogP contribution is -2.51. The van der Waals surface area contributed by atoms with Crippen molar-refractivity contribution in [3.05, 3.63) is 59.8 Å². The number of ether oxygens (including phenoxy) is 1. The summed E-state index contributed by atoms with van der Waals surface area (Å²) < 4.78 is 37.8. The Morgan fingerprint density at radius 1 is 1.20 bits per heavy atom. The topological polar surface area (TPSA) is 86.6 Å². The molecular weight excluding hydrogens is 562 g/mol. The minimum absolute atomic E-state index is 0.0285. The molecule has 0 unspecified atom stereocenters. The van der Waals surface area contributed by atoms with Gasteiger partial charge in [0.2, 0.25) is 0 Å². The fourth-order valence-electron chi connectivity index (χ4n) is 7.02. The van der Waals surface area contributed by atoms with Gasteiger partial charge in [-0.05, 0) is 49.9 Å². The second-order valence-corrected chi connectivity index (χ2v) is 12.7. The van der Waals surface area contributed by atoms with Gasteiger partial charge in [0.1, 0.15) is 35.2 Å². The third-order valence-electron chi connectivity index (χ3n) is 9.40. The number of fused-ring (bicyclic) bond motifs is 4. The van der Waals surface area contributed by atoms with Gasteiger partial charge in [-0.15, -0.1) is 6.42 Å². The number of piperazine rings is 1. The molecule has 2 aromatic carbocycles. The minimum Gasteiger partial charge on any atom is -0.508 e. The molecule has 0 spiro atoms. The van der Waals surface area contributed by atoms with E-state index in [2.05, 4.69) is 51.6 Å². The van der Waals surface area contributed by atoms with Crippen LogP contribution >= 0.6 is 0 Å². The Bertz CT molecular complexity index is 1860. The van der Waals surface area contributed by atoms with Crippen LogP contribution in [0.4, 0.5) is 14.6 Å². The molecule has 3 atom stereocenters. The monoisotopic (exact) mass is 596 g/mol. The molecule has 0 radical (unpaired) electrons. The highest BCUT2D eigenvalue weighted by atomic mass is 19.1. The first-order valence-electron chi connectivity index (χ1n) is 14.9. The van der Waals surface area contributed by atoms with Crippen LogP contribution in [-0.2, 0) is 0 Å². The van der Waals surface area contributed by atoms with Crippen molar-refractivity contribution in [3.63, 3.8) is 0 Å². The van der Waals surface area contributed by atoms with E-state index in [4.69, 9.17) is 16.1 Å². The number of likely N-dealkylation sites (tertiary alicyclic amines) is 1. The summed E-state index contributed by atoms with van der Waals surface area (Å²) in [6, 6.07) is 6.23. The molecule has 0 saturated carbocycles. The van der Waals surface area contributed by atoms with Gasteiger partial charge in [0.15, 0.2) is 5.82 Å². The standard InChI is InChI=1S/C34H34F2N6O2/c1-5-24-27(35)9-6-20-12-23(43)13-25(28(20)24)30-29(36)31-26(14-37-30)32(42-15-21-7-8-22(16-42)38-21)40-33(39-31)44-18-34(3)17-41(4)11-10-19(34)2/h1,6,9,12-14,21-22,38,43H,2,7-8,10-11,15-18H2,3-4H3/t21-,22+,34-/m1/s1. The molecule has 10 heteroatoms. The van der Waals surface area contributed by atoms with E-state index in [1.54, 1.807) is 6.20 Å². The number of aromatic nitrogens is 3. The Labute approximate surface area is 254 Å². The first-order chi connectivity index (χ1) is 21.1. The molecule has 3 saturated heterocycles. The largest absolute Gasteiger partial charge is 0.508 e. The molecule has 2 N–H and O–H groups in total. The van der Waals surface area contributed by atoms with Gasteiger partial charge in [0.25, 0.3) is 0 Å². The number of phenolic OH excluding ortho intramolecular Hbond substituents is 1. The summed E-state index contributed by atoms with van der Waals surface area (Å²) in [5.41, 5.74) is 0.835. The van der Waals surface area contributed by atoms with Crippen LogP contribution < -0.4 is 15.0 Å². The second kappa shape index (κ2) is 10.7. The van der Waals surface area contributed by atoms with Crippen molar-refractivity contribution in [1.29, 1.82) is 0 Å². The molecule has 8 nitrogen and oxygen atoms in total. The zero-order chi connectivity index (χ0) is 30.7. The van der Waals surface area contributed by atoms with Gasteiger partial charge in [-0.3, -0.25) is 4.98 Å². The highest BCUT2D eigenvalue weighted by Gasteiger charge is 2.36. The van der Waals surface area contributed by atoms with Crippen molar-refractivity contribution in [2.24, 2.45) is 5.41 Å². The van der Waals surface area contributed by atoms with Crippen LogP contribution in [-0.4, -0.2) is 76.9 Å². The number of nitrogens with one attached hydrogen (secondary N) is 1. The normalized spacial score (nSPS) is 23.8. The van der Waals surface area contributed by atoms with E-state index in [0.717, 1.165) is 37.9 Å². The van der Waals surface area contributed by atoms with E-state index in [1.165, 1.54) is 24.3 Å². The number of aromatic hydroxyl groups is 1. The second-order valence-electron chi connectivity index (χ2n) is 12.7. The maximum Gasteiger partial charge on any atom is 0.319 e. The number of phenols is 1. The van der Waals surface area contributed by atoms with Crippen molar-refractivity contribution < 1.29 is 18.6 Å². The summed E-state index contributed by atoms with van der Waals surface area (Å²) >= 11 is 0. The number of hydrogen-bond acceptors (Lipinski definition) is 8. The molecule has 3 fully saturated rings. The van der Waals surface area contributed by atoms with E-state index >= 15 is 4.39 Å². The van der Waals surface area contributed by atoms with Gasteiger partial charge in [0, 0.05) is 60.8 Å². The fraction of sp³-hybridized carbons (Fsp3) is 0.382. The SMILES string of the molecule is C#Cc1c(F)ccc2cc(O)cc(-c3ncc4c(N5C[C@H]6CC[C@@H](C5)N6)nc(OC[C@@]5(C)CN(C)CCC5=C)nc4c3F)c12. The van der Waals surface area contributed by atoms with E-state index in [0.29, 0.717) is 41.8 Å². The number of nitrogens with zero attached hydrogens (tertiary/aromatic N) is 5. The van der Waals surface area contributed by atoms with Gasteiger partial charge < -0.3 is 25.0 Å². The molecule has 0 amide bonds. The predicted molar refractivity (Wildman–Crippen MR) is 167 cm³/mol. The number of benzene rings is 2. The lowest BCUT2D eigenvalue weighted by Gasteiger charge is -2.40. The summed E-state index contributed by atoms with van der Waals surface area (Å²) in [4.78, 5) is 18.3. The van der Waals surface area contributed by atoms with Crippen molar-refractivity contribution in [2.45, 2.75) is 38.3 Å². The van der Waals surface area contributed by atoms with Crippen molar-refractivity contribution >= 4 is 27.5 Å². The average Bonchev–Trinajstić information content (AvgIpc) is 3.35.